The number of halogens is 2. The maximum absolute atomic E-state index is 13.4. The van der Waals surface area contributed by atoms with E-state index < -0.39 is 5.82 Å². The van der Waals surface area contributed by atoms with Crippen LogP contribution in [-0.4, -0.2) is 43.5 Å². The van der Waals surface area contributed by atoms with Gasteiger partial charge in [-0.25, -0.2) is 4.39 Å². The number of rotatable bonds is 4. The predicted octanol–water partition coefficient (Wildman–Crippen LogP) is 3.87. The van der Waals surface area contributed by atoms with Crippen molar-refractivity contribution in [3.63, 3.8) is 0 Å². The van der Waals surface area contributed by atoms with E-state index in [1.54, 1.807) is 12.1 Å². The molecule has 1 aliphatic rings. The average Bonchev–Trinajstić information content (AvgIpc) is 2.62. The minimum atomic E-state index is -0.436. The molecule has 0 bridgehead atoms. The molecule has 1 heterocycles. The van der Waals surface area contributed by atoms with Crippen LogP contribution >= 0.6 is 11.6 Å². The topological polar surface area (TPSA) is 35.6 Å². The average molecular weight is 362 g/mol. The molecule has 0 saturated carbocycles. The highest BCUT2D eigenvalue weighted by Crippen LogP contribution is 2.30. The predicted molar refractivity (Wildman–Crippen MR) is 100 cm³/mol. The van der Waals surface area contributed by atoms with Crippen LogP contribution in [-0.2, 0) is 0 Å². The summed E-state index contributed by atoms with van der Waals surface area (Å²) >= 11 is 6.12. The Kier molecular flexibility index (Phi) is 5.56. The Morgan fingerprint density at radius 1 is 1.16 bits per heavy atom. The second kappa shape index (κ2) is 7.85. The van der Waals surface area contributed by atoms with Gasteiger partial charge in [0.2, 0.25) is 0 Å². The number of nitrogens with one attached hydrogen (secondary N) is 1. The number of benzene rings is 2. The van der Waals surface area contributed by atoms with E-state index in [0.717, 1.165) is 38.4 Å². The number of amides is 1. The summed E-state index contributed by atoms with van der Waals surface area (Å²) in [6.45, 7) is 6.93. The van der Waals surface area contributed by atoms with Gasteiger partial charge in [-0.2, -0.15) is 0 Å². The Morgan fingerprint density at radius 2 is 1.92 bits per heavy atom. The van der Waals surface area contributed by atoms with Crippen LogP contribution in [0.4, 0.5) is 15.8 Å². The number of likely N-dealkylation sites (N-methyl/N-ethyl adjacent to an activating group) is 1. The fraction of sp³-hybridized carbons (Fsp3) is 0.316. The third-order valence-electron chi connectivity index (χ3n) is 4.45. The van der Waals surface area contributed by atoms with E-state index in [2.05, 4.69) is 22.0 Å². The molecular formula is C19H21ClFN3O. The van der Waals surface area contributed by atoms with Gasteiger partial charge in [0.05, 0.1) is 11.4 Å². The largest absolute Gasteiger partial charge is 0.367 e. The van der Waals surface area contributed by atoms with Crippen molar-refractivity contribution in [2.45, 2.75) is 6.92 Å². The fourth-order valence-corrected chi connectivity index (χ4v) is 3.19. The monoisotopic (exact) mass is 361 g/mol. The minimum absolute atomic E-state index is 0.279. The third-order valence-corrected chi connectivity index (χ3v) is 4.69. The van der Waals surface area contributed by atoms with Crippen LogP contribution < -0.4 is 10.2 Å². The van der Waals surface area contributed by atoms with Gasteiger partial charge in [-0.3, -0.25) is 4.79 Å². The Bertz CT molecular complexity index is 760. The highest BCUT2D eigenvalue weighted by atomic mass is 35.5. The standard InChI is InChI=1S/C19H21ClFN3O/c1-2-23-8-10-24(11-9-23)18-7-6-15(20)13-17(18)22-19(25)14-4-3-5-16(21)12-14/h3-7,12-13H,2,8-11H2,1H3,(H,22,25). The Balaban J connectivity index is 1.81. The molecule has 0 aromatic heterocycles. The normalized spacial score (nSPS) is 15.2. The summed E-state index contributed by atoms with van der Waals surface area (Å²) in [7, 11) is 0. The molecule has 2 aromatic rings. The first-order chi connectivity index (χ1) is 12.1. The summed E-state index contributed by atoms with van der Waals surface area (Å²) < 4.78 is 13.4. The zero-order valence-electron chi connectivity index (χ0n) is 14.1. The van der Waals surface area contributed by atoms with Crippen molar-refractivity contribution >= 4 is 28.9 Å². The van der Waals surface area contributed by atoms with Crippen LogP contribution in [0.15, 0.2) is 42.5 Å². The highest BCUT2D eigenvalue weighted by molar-refractivity contribution is 6.31. The molecule has 0 atom stereocenters. The Morgan fingerprint density at radius 3 is 2.60 bits per heavy atom. The number of hydrogen-bond acceptors (Lipinski definition) is 3. The van der Waals surface area contributed by atoms with Crippen molar-refractivity contribution in [3.8, 4) is 0 Å². The number of hydrogen-bond donors (Lipinski definition) is 1. The van der Waals surface area contributed by atoms with Crippen molar-refractivity contribution in [2.75, 3.05) is 42.9 Å². The maximum atomic E-state index is 13.4. The lowest BCUT2D eigenvalue weighted by Gasteiger charge is -2.36. The SMILES string of the molecule is CCN1CCN(c2ccc(Cl)cc2NC(=O)c2cccc(F)c2)CC1. The van der Waals surface area contributed by atoms with Gasteiger partial charge in [0.15, 0.2) is 0 Å². The first kappa shape index (κ1) is 17.7. The zero-order chi connectivity index (χ0) is 17.8. The Labute approximate surface area is 152 Å². The molecule has 25 heavy (non-hydrogen) atoms. The summed E-state index contributed by atoms with van der Waals surface area (Å²) in [4.78, 5) is 17.1. The molecule has 0 unspecified atom stereocenters. The zero-order valence-corrected chi connectivity index (χ0v) is 14.9. The molecule has 1 aliphatic heterocycles. The lowest BCUT2D eigenvalue weighted by Crippen LogP contribution is -2.46. The van der Waals surface area contributed by atoms with Crippen LogP contribution in [0, 0.1) is 5.82 Å². The molecule has 3 rings (SSSR count). The van der Waals surface area contributed by atoms with Crippen LogP contribution in [0.2, 0.25) is 5.02 Å². The minimum Gasteiger partial charge on any atom is -0.367 e. The molecule has 6 heteroatoms. The van der Waals surface area contributed by atoms with Crippen molar-refractivity contribution in [1.82, 2.24) is 4.90 Å². The number of piperazine rings is 1. The summed E-state index contributed by atoms with van der Waals surface area (Å²) in [6, 6.07) is 11.1. The first-order valence-electron chi connectivity index (χ1n) is 8.40. The molecule has 1 fully saturated rings. The number of carbonyl (C=O) groups is 1. The Hall–Kier alpha value is -2.11. The second-order valence-electron chi connectivity index (χ2n) is 6.05. The van der Waals surface area contributed by atoms with Gasteiger partial charge in [0, 0.05) is 36.8 Å². The van der Waals surface area contributed by atoms with Crippen LogP contribution in [0.5, 0.6) is 0 Å². The van der Waals surface area contributed by atoms with Crippen LogP contribution in [0.1, 0.15) is 17.3 Å². The van der Waals surface area contributed by atoms with Gasteiger partial charge in [-0.15, -0.1) is 0 Å². The highest BCUT2D eigenvalue weighted by Gasteiger charge is 2.19. The van der Waals surface area contributed by atoms with Gasteiger partial charge >= 0.3 is 0 Å². The van der Waals surface area contributed by atoms with Gasteiger partial charge in [-0.05, 0) is 42.9 Å². The van der Waals surface area contributed by atoms with Crippen molar-refractivity contribution in [3.05, 3.63) is 58.9 Å². The summed E-state index contributed by atoms with van der Waals surface area (Å²) in [6.07, 6.45) is 0. The van der Waals surface area contributed by atoms with Gasteiger partial charge in [-0.1, -0.05) is 24.6 Å². The lowest BCUT2D eigenvalue weighted by molar-refractivity contribution is 0.102. The quantitative estimate of drug-likeness (QED) is 0.897. The summed E-state index contributed by atoms with van der Waals surface area (Å²) in [5, 5.41) is 3.42. The van der Waals surface area contributed by atoms with E-state index in [4.69, 9.17) is 11.6 Å². The summed E-state index contributed by atoms with van der Waals surface area (Å²) in [5.74, 6) is -0.787. The molecule has 132 valence electrons. The fourth-order valence-electron chi connectivity index (χ4n) is 3.01. The van der Waals surface area contributed by atoms with Crippen molar-refractivity contribution in [2.24, 2.45) is 0 Å². The van der Waals surface area contributed by atoms with E-state index in [0.29, 0.717) is 10.7 Å². The molecule has 4 nitrogen and oxygen atoms in total. The third kappa shape index (κ3) is 4.30. The van der Waals surface area contributed by atoms with Crippen LogP contribution in [0.25, 0.3) is 0 Å². The molecule has 2 aromatic carbocycles. The van der Waals surface area contributed by atoms with Crippen molar-refractivity contribution < 1.29 is 9.18 Å². The molecule has 0 aliphatic carbocycles. The number of anilines is 2. The number of nitrogens with zero attached hydrogens (tertiary/aromatic N) is 2. The molecule has 1 N–H and O–H groups in total. The van der Waals surface area contributed by atoms with Crippen molar-refractivity contribution in [1.29, 1.82) is 0 Å². The smallest absolute Gasteiger partial charge is 0.255 e. The van der Waals surface area contributed by atoms with Gasteiger partial charge < -0.3 is 15.1 Å². The van der Waals surface area contributed by atoms with E-state index in [1.165, 1.54) is 18.2 Å². The second-order valence-corrected chi connectivity index (χ2v) is 6.48. The first-order valence-corrected chi connectivity index (χ1v) is 8.78. The van der Waals surface area contributed by atoms with Crippen LogP contribution in [0.3, 0.4) is 0 Å². The van der Waals surface area contributed by atoms with E-state index in [-0.39, 0.29) is 11.5 Å². The molecular weight excluding hydrogens is 341 g/mol. The van der Waals surface area contributed by atoms with E-state index >= 15 is 0 Å². The molecule has 0 radical (unpaired) electrons. The van der Waals surface area contributed by atoms with Gasteiger partial charge in [0.1, 0.15) is 5.82 Å². The molecule has 1 amide bonds. The van der Waals surface area contributed by atoms with Gasteiger partial charge in [0.25, 0.3) is 5.91 Å². The van der Waals surface area contributed by atoms with E-state index in [9.17, 15) is 9.18 Å². The van der Waals surface area contributed by atoms with E-state index in [1.807, 2.05) is 12.1 Å². The maximum Gasteiger partial charge on any atom is 0.255 e. The molecule has 1 saturated heterocycles. The lowest BCUT2D eigenvalue weighted by atomic mass is 10.1. The molecule has 0 spiro atoms. The summed E-state index contributed by atoms with van der Waals surface area (Å²) in [5.41, 5.74) is 1.86. The number of carbonyl (C=O) groups excluding carboxylic acids is 1.